The third kappa shape index (κ3) is 5.77. The maximum Gasteiger partial charge on any atom is 0.344 e. The number of hydrogen-bond donors (Lipinski definition) is 0. The molecule has 0 aromatic carbocycles. The van der Waals surface area contributed by atoms with E-state index in [1.807, 2.05) is 0 Å². The molecular formula is C19H23Cl3O6. The largest absolute Gasteiger partial charge is 0.459 e. The van der Waals surface area contributed by atoms with Gasteiger partial charge in [0.15, 0.2) is 6.61 Å². The summed E-state index contributed by atoms with van der Waals surface area (Å²) in [5.74, 6) is -0.289. The molecule has 0 aromatic heterocycles. The fraction of sp³-hybridized carbons (Fsp3) is 0.737. The van der Waals surface area contributed by atoms with Gasteiger partial charge in [-0.2, -0.15) is 0 Å². The van der Waals surface area contributed by atoms with Crippen molar-refractivity contribution in [2.75, 3.05) is 13.2 Å². The van der Waals surface area contributed by atoms with Crippen LogP contribution in [-0.2, 0) is 28.6 Å². The van der Waals surface area contributed by atoms with Crippen LogP contribution in [0.4, 0.5) is 0 Å². The van der Waals surface area contributed by atoms with Gasteiger partial charge in [-0.1, -0.05) is 41.4 Å². The van der Waals surface area contributed by atoms with E-state index in [1.165, 1.54) is 19.3 Å². The van der Waals surface area contributed by atoms with Gasteiger partial charge in [-0.25, -0.2) is 9.59 Å². The Morgan fingerprint density at radius 3 is 1.96 bits per heavy atom. The quantitative estimate of drug-likeness (QED) is 0.252. The van der Waals surface area contributed by atoms with Gasteiger partial charge in [0.25, 0.3) is 0 Å². The lowest BCUT2D eigenvalue weighted by molar-refractivity contribution is -0.186. The number of ether oxygens (including phenoxy) is 3. The summed E-state index contributed by atoms with van der Waals surface area (Å²) in [6, 6.07) is 0. The highest BCUT2D eigenvalue weighted by atomic mass is 35.6. The number of esters is 3. The molecular weight excluding hydrogens is 431 g/mol. The Bertz CT molecular complexity index is 634. The SMILES string of the molecule is C=C(CC(=O)OC12CC3CC(CC(C3)C1)C2)C(=O)OCC(=O)OCC(Cl)(Cl)Cl. The molecule has 156 valence electrons. The monoisotopic (exact) mass is 452 g/mol. The van der Waals surface area contributed by atoms with Crippen LogP contribution in [-0.4, -0.2) is 40.5 Å². The molecule has 4 aliphatic rings. The summed E-state index contributed by atoms with van der Waals surface area (Å²) in [5.41, 5.74) is -0.458. The third-order valence-corrected chi connectivity index (χ3v) is 6.00. The zero-order valence-corrected chi connectivity index (χ0v) is 17.7. The van der Waals surface area contributed by atoms with Gasteiger partial charge >= 0.3 is 17.9 Å². The molecule has 6 nitrogen and oxygen atoms in total. The highest BCUT2D eigenvalue weighted by Crippen LogP contribution is 2.57. The molecule has 0 heterocycles. The summed E-state index contributed by atoms with van der Waals surface area (Å²) >= 11 is 16.4. The van der Waals surface area contributed by atoms with Crippen LogP contribution in [0.15, 0.2) is 12.2 Å². The second-order valence-corrected chi connectivity index (χ2v) is 10.7. The molecule has 0 amide bonds. The zero-order chi connectivity index (χ0) is 20.5. The lowest BCUT2D eigenvalue weighted by atomic mass is 9.54. The van der Waals surface area contributed by atoms with Crippen molar-refractivity contribution in [2.45, 2.75) is 54.3 Å². The van der Waals surface area contributed by atoms with E-state index in [9.17, 15) is 14.4 Å². The molecule has 0 N–H and O–H groups in total. The fourth-order valence-corrected chi connectivity index (χ4v) is 5.27. The zero-order valence-electron chi connectivity index (χ0n) is 15.4. The highest BCUT2D eigenvalue weighted by molar-refractivity contribution is 6.67. The molecule has 4 aliphatic carbocycles. The first-order chi connectivity index (χ1) is 13.0. The van der Waals surface area contributed by atoms with E-state index in [1.54, 1.807) is 0 Å². The third-order valence-electron chi connectivity index (χ3n) is 5.68. The van der Waals surface area contributed by atoms with Crippen molar-refractivity contribution in [1.29, 1.82) is 0 Å². The molecule has 0 aromatic rings. The van der Waals surface area contributed by atoms with Crippen molar-refractivity contribution < 1.29 is 28.6 Å². The van der Waals surface area contributed by atoms with E-state index < -0.39 is 34.9 Å². The van der Waals surface area contributed by atoms with E-state index in [2.05, 4.69) is 11.3 Å². The Labute approximate surface area is 178 Å². The lowest BCUT2D eigenvalue weighted by Gasteiger charge is -2.55. The summed E-state index contributed by atoms with van der Waals surface area (Å²) < 4.78 is 13.5. The molecule has 4 bridgehead atoms. The lowest BCUT2D eigenvalue weighted by Crippen LogP contribution is -2.52. The Hall–Kier alpha value is -0.980. The Morgan fingerprint density at radius 1 is 0.929 bits per heavy atom. The Morgan fingerprint density at radius 2 is 1.46 bits per heavy atom. The summed E-state index contributed by atoms with van der Waals surface area (Å²) in [5, 5.41) is 0. The van der Waals surface area contributed by atoms with Gasteiger partial charge in [-0.3, -0.25) is 4.79 Å². The number of alkyl halides is 3. The molecule has 0 spiro atoms. The molecule has 0 atom stereocenters. The summed E-state index contributed by atoms with van der Waals surface area (Å²) in [4.78, 5) is 35.8. The van der Waals surface area contributed by atoms with Crippen LogP contribution >= 0.6 is 34.8 Å². The number of hydrogen-bond acceptors (Lipinski definition) is 6. The number of carbonyl (C=O) groups is 3. The average molecular weight is 454 g/mol. The van der Waals surface area contributed by atoms with Gasteiger partial charge in [-0.05, 0) is 56.3 Å². The highest BCUT2D eigenvalue weighted by Gasteiger charge is 2.53. The van der Waals surface area contributed by atoms with Gasteiger partial charge in [0.2, 0.25) is 3.79 Å². The molecule has 9 heteroatoms. The topological polar surface area (TPSA) is 78.9 Å². The minimum atomic E-state index is -1.75. The van der Waals surface area contributed by atoms with Crippen molar-refractivity contribution in [3.63, 3.8) is 0 Å². The van der Waals surface area contributed by atoms with Crippen molar-refractivity contribution >= 4 is 52.7 Å². The molecule has 4 saturated carbocycles. The first-order valence-corrected chi connectivity index (χ1v) is 10.5. The van der Waals surface area contributed by atoms with E-state index in [0.29, 0.717) is 17.8 Å². The summed E-state index contributed by atoms with van der Waals surface area (Å²) in [7, 11) is 0. The maximum absolute atomic E-state index is 12.4. The van der Waals surface area contributed by atoms with Crippen LogP contribution in [0, 0.1) is 17.8 Å². The smallest absolute Gasteiger partial charge is 0.344 e. The van der Waals surface area contributed by atoms with Crippen molar-refractivity contribution in [3.8, 4) is 0 Å². The normalized spacial score (nSPS) is 30.6. The first-order valence-electron chi connectivity index (χ1n) is 9.33. The van der Waals surface area contributed by atoms with Crippen molar-refractivity contribution in [3.05, 3.63) is 12.2 Å². The standard InChI is InChI=1S/C19H23Cl3O6/c1-11(17(25)26-9-16(24)27-10-19(20,21)22)2-15(23)28-18-6-12-3-13(7-18)5-14(4-12)8-18/h12-14H,1-10H2. The average Bonchev–Trinajstić information content (AvgIpc) is 2.55. The van der Waals surface area contributed by atoms with Crippen LogP contribution < -0.4 is 0 Å². The van der Waals surface area contributed by atoms with Gasteiger partial charge in [0.05, 0.1) is 6.42 Å². The molecule has 0 unspecified atom stereocenters. The number of rotatable bonds is 7. The van der Waals surface area contributed by atoms with Crippen molar-refractivity contribution in [2.24, 2.45) is 17.8 Å². The predicted molar refractivity (Wildman–Crippen MR) is 103 cm³/mol. The summed E-state index contributed by atoms with van der Waals surface area (Å²) in [6.45, 7) is 2.43. The van der Waals surface area contributed by atoms with Crippen LogP contribution in [0.1, 0.15) is 44.9 Å². The molecule has 0 radical (unpaired) electrons. The van der Waals surface area contributed by atoms with Crippen LogP contribution in [0.5, 0.6) is 0 Å². The molecule has 28 heavy (non-hydrogen) atoms. The molecule has 4 rings (SSSR count). The molecule has 0 aliphatic heterocycles. The number of halogens is 3. The predicted octanol–water partition coefficient (Wildman–Crippen LogP) is 3.90. The van der Waals surface area contributed by atoms with Crippen molar-refractivity contribution in [1.82, 2.24) is 0 Å². The van der Waals surface area contributed by atoms with Crippen LogP contribution in [0.25, 0.3) is 0 Å². The minimum Gasteiger partial charge on any atom is -0.459 e. The first kappa shape index (κ1) is 21.7. The van der Waals surface area contributed by atoms with Gasteiger partial charge in [0, 0.05) is 5.57 Å². The fourth-order valence-electron chi connectivity index (χ4n) is 5.11. The molecule has 0 saturated heterocycles. The second-order valence-electron chi connectivity index (χ2n) is 8.21. The Balaban J connectivity index is 1.41. The maximum atomic E-state index is 12.4. The summed E-state index contributed by atoms with van der Waals surface area (Å²) in [6.07, 6.45) is 6.19. The van der Waals surface area contributed by atoms with Gasteiger partial charge < -0.3 is 14.2 Å². The van der Waals surface area contributed by atoms with Crippen LogP contribution in [0.2, 0.25) is 0 Å². The molecule has 4 fully saturated rings. The number of carbonyl (C=O) groups excluding carboxylic acids is 3. The van der Waals surface area contributed by atoms with Gasteiger partial charge in [0.1, 0.15) is 12.2 Å². The van der Waals surface area contributed by atoms with Crippen LogP contribution in [0.3, 0.4) is 0 Å². The van der Waals surface area contributed by atoms with E-state index in [4.69, 9.17) is 44.3 Å². The second kappa shape index (κ2) is 8.41. The Kier molecular flexibility index (Phi) is 6.52. The van der Waals surface area contributed by atoms with Gasteiger partial charge in [-0.15, -0.1) is 0 Å². The van der Waals surface area contributed by atoms with E-state index in [-0.39, 0.29) is 17.6 Å². The van der Waals surface area contributed by atoms with E-state index in [0.717, 1.165) is 19.3 Å². The minimum absolute atomic E-state index is 0.0797. The van der Waals surface area contributed by atoms with E-state index >= 15 is 0 Å².